The number of carboxylic acids is 4. The summed E-state index contributed by atoms with van der Waals surface area (Å²) in [7, 11) is 4.00. The molecule has 0 aromatic heterocycles. The van der Waals surface area contributed by atoms with Crippen LogP contribution in [0.25, 0.3) is 12.2 Å². The van der Waals surface area contributed by atoms with E-state index < -0.39 is 35.8 Å². The van der Waals surface area contributed by atoms with E-state index >= 15 is 0 Å². The Morgan fingerprint density at radius 1 is 0.509 bits per heavy atom. The minimum Gasteiger partial charge on any atom is -0.508 e. The summed E-state index contributed by atoms with van der Waals surface area (Å²) >= 11 is 3.01. The molecule has 6 aliphatic heterocycles. The van der Waals surface area contributed by atoms with E-state index in [1.165, 1.54) is 51.9 Å². The van der Waals surface area contributed by atoms with Crippen molar-refractivity contribution < 1.29 is 159 Å². The minimum absolute atomic E-state index is 0. The molecule has 0 atom stereocenters. The molecule has 116 heavy (non-hydrogen) atoms. The van der Waals surface area contributed by atoms with Crippen LogP contribution in [0.2, 0.25) is 0 Å². The number of Topliss-reactive ketones (excluding diaryl/α,β-unsaturated/α-hetero) is 1. The van der Waals surface area contributed by atoms with E-state index in [4.69, 9.17) is 85.9 Å². The van der Waals surface area contributed by atoms with Gasteiger partial charge in [-0.2, -0.15) is 16.0 Å². The molecule has 25 nitrogen and oxygen atoms in total. The summed E-state index contributed by atoms with van der Waals surface area (Å²) in [4.78, 5) is 102. The summed E-state index contributed by atoms with van der Waals surface area (Å²) in [5.74, 6) is 5.24. The maximum atomic E-state index is 11.4. The fourth-order valence-corrected chi connectivity index (χ4v) is 10.1. The maximum absolute atomic E-state index is 11.4. The quantitative estimate of drug-likeness (QED) is 0.0224. The third kappa shape index (κ3) is 37.2. The number of carbonyl (C=O) groups is 8. The van der Waals surface area contributed by atoms with Crippen LogP contribution in [0.3, 0.4) is 0 Å². The Labute approximate surface area is 707 Å². The van der Waals surface area contributed by atoms with Gasteiger partial charge in [0.15, 0.2) is 5.78 Å². The number of aromatic carboxylic acids is 3. The molecule has 0 saturated carbocycles. The van der Waals surface area contributed by atoms with Gasteiger partial charge in [0.2, 0.25) is 0 Å². The predicted octanol–water partition coefficient (Wildman–Crippen LogP) is 12.6. The Morgan fingerprint density at radius 3 is 1.47 bits per heavy atom. The molecule has 6 aliphatic rings. The summed E-state index contributed by atoms with van der Waals surface area (Å²) in [6.07, 6.45) is 26.1. The molecular formula is C88H90BrLiO25Zn. The third-order valence-electron chi connectivity index (χ3n) is 15.2. The molecule has 8 aromatic carbocycles. The van der Waals surface area contributed by atoms with Crippen molar-refractivity contribution in [2.75, 3.05) is 72.9 Å². The van der Waals surface area contributed by atoms with Crippen molar-refractivity contribution in [1.82, 2.24) is 0 Å². The standard InChI is InChI=1S/2C11H10O3.C10H10O3.C10H8O3.C10H10O3.C9H8O2.C9H10O.C8H8O3.C4H9.C3H3Br.C2H4O2.CO2.Li.Zn/c1-13-11(12)9-4-2-6-10-8(9)5-3-7-14-10;1-3-7-14-10-6-4-5-9(8-10)11(12)13-2;2*11-10(12)8-3-1-5-9-7(8)4-2-6-13-9;11-10(12)8-5-1-3-7-4-2-6-13-9(7)8;10-8-5-6-11-9-4-2-1-3-7(8)9;1-2-6-9-8(4-1)5-3-7-10-9;1-11-8(10)6-3-2-4-7(9)5-6;1-3-4-2;1-2-3-4;1-2(3)4;2-1-3;;/h2-6H,7H2,1H3;1,4-6,8H,7H2,2H3;1,3,5H,2,4,6H2,(H,11,12);1-5H,6H2,(H,11,12);1,3,5H,2,4,6H2,(H,11,12);1-4H,5-6H2;1-2,4,6H,3,5,7H2;2-5,9H,1H3;1,3-4H2,2H3;1H,3H2;1H3,(H,3,4);;;/q;;;;;;;;-1;;;;+1;. The van der Waals surface area contributed by atoms with Gasteiger partial charge in [-0.3, -0.25) is 9.59 Å². The predicted molar refractivity (Wildman–Crippen MR) is 429 cm³/mol. The van der Waals surface area contributed by atoms with Crippen molar-refractivity contribution in [3.63, 3.8) is 0 Å². The second-order valence-corrected chi connectivity index (χ2v) is 23.7. The summed E-state index contributed by atoms with van der Waals surface area (Å²) in [6, 6.07) is 49.1. The Bertz CT molecular complexity index is 4530. The number of esters is 3. The van der Waals surface area contributed by atoms with Crippen molar-refractivity contribution in [2.45, 2.75) is 71.6 Å². The van der Waals surface area contributed by atoms with E-state index in [1.807, 2.05) is 60.7 Å². The molecule has 0 bridgehead atoms. The van der Waals surface area contributed by atoms with Crippen LogP contribution in [0.1, 0.15) is 153 Å². The number of rotatable bonds is 9. The van der Waals surface area contributed by atoms with E-state index in [9.17, 15) is 33.6 Å². The van der Waals surface area contributed by atoms with Crippen LogP contribution in [0.4, 0.5) is 0 Å². The number of fused-ring (bicyclic) bond motifs is 6. The van der Waals surface area contributed by atoms with Gasteiger partial charge in [0, 0.05) is 49.5 Å². The average Bonchev–Trinajstić information content (AvgIpc) is 0.833. The molecule has 14 rings (SSSR count). The number of unbranched alkanes of at least 4 members (excludes halogenated alkanes) is 1. The Balaban J connectivity index is 0.000000646. The molecule has 28 heteroatoms. The zero-order chi connectivity index (χ0) is 84.0. The van der Waals surface area contributed by atoms with E-state index in [2.05, 4.69) is 68.0 Å². The second-order valence-electron chi connectivity index (χ2n) is 23.2. The third-order valence-corrected chi connectivity index (χ3v) is 15.6. The number of ketones is 1. The number of halogens is 1. The number of ether oxygens (including phenoxy) is 10. The van der Waals surface area contributed by atoms with Crippen molar-refractivity contribution in [3.8, 4) is 70.7 Å². The first kappa shape index (κ1) is 102. The number of alkyl halides is 1. The monoisotopic (exact) mass is 1700 g/mol. The Kier molecular flexibility index (Phi) is 52.2. The van der Waals surface area contributed by atoms with E-state index in [-0.39, 0.29) is 79.7 Å². The Morgan fingerprint density at radius 2 is 0.940 bits per heavy atom. The van der Waals surface area contributed by atoms with Crippen molar-refractivity contribution in [1.29, 1.82) is 0 Å². The molecule has 8 aromatic rings. The number of aliphatic carboxylic acids is 1. The summed E-state index contributed by atoms with van der Waals surface area (Å²) in [6.45, 7) is 10.8. The van der Waals surface area contributed by atoms with Gasteiger partial charge in [-0.25, -0.2) is 28.8 Å². The van der Waals surface area contributed by atoms with Crippen LogP contribution in [-0.4, -0.2) is 152 Å². The van der Waals surface area contributed by atoms with Crippen LogP contribution >= 0.6 is 15.9 Å². The molecule has 0 saturated heterocycles. The number of benzene rings is 8. The molecule has 6 heterocycles. The van der Waals surface area contributed by atoms with Crippen molar-refractivity contribution >= 4 is 81.8 Å². The smallest absolute Gasteiger partial charge is 0.508 e. The van der Waals surface area contributed by atoms with Crippen LogP contribution in [0.5, 0.6) is 46.0 Å². The van der Waals surface area contributed by atoms with Gasteiger partial charge in [0.1, 0.15) is 71.4 Å². The van der Waals surface area contributed by atoms with Crippen LogP contribution < -0.4 is 52.0 Å². The number of terminal acetylenes is 2. The fraction of sp³-hybridized carbons (Fsp3) is 0.250. The zero-order valence-electron chi connectivity index (χ0n) is 65.3. The van der Waals surface area contributed by atoms with E-state index in [0.717, 1.165) is 97.3 Å². The van der Waals surface area contributed by atoms with Crippen LogP contribution in [-0.2, 0) is 67.3 Å². The SMILES string of the molecule is C#CCBr.C#CCOc1cccc(C(=O)OC)c1.CC(=O)O.COC(=O)c1cccc(O)c1.COC(=O)c1cccc2c1C=CCO2.O=C(O)c1cccc2c1C=CCO2.O=C(O)c1cccc2c1CCCO2.O=C(O)c1cccc2c1OCCC2.O=C1CCOc2ccccc21.O=C=O.[CH2-]CCC.[Li+].[Zn].c1ccc2c(c1)CCCO2. The number of phenols is 1. The number of aromatic hydroxyl groups is 1. The van der Waals surface area contributed by atoms with Gasteiger partial charge >= 0.3 is 60.8 Å². The number of para-hydroxylation sites is 3. The first-order chi connectivity index (χ1) is 55.0. The number of hydrogen-bond acceptors (Lipinski definition) is 21. The number of methoxy groups -OCH3 is 3. The maximum Gasteiger partial charge on any atom is 1.00 e. The molecule has 602 valence electrons. The molecule has 0 aliphatic carbocycles. The van der Waals surface area contributed by atoms with Crippen molar-refractivity contribution in [2.24, 2.45) is 0 Å². The van der Waals surface area contributed by atoms with E-state index in [0.29, 0.717) is 89.9 Å². The molecule has 0 fully saturated rings. The summed E-state index contributed by atoms with van der Waals surface area (Å²) in [5, 5.41) is 43.6. The zero-order valence-corrected chi connectivity index (χ0v) is 69.9. The van der Waals surface area contributed by atoms with Gasteiger partial charge in [-0.05, 0) is 159 Å². The topological polar surface area (TPSA) is 364 Å². The van der Waals surface area contributed by atoms with Gasteiger partial charge in [0.05, 0.1) is 86.5 Å². The minimum atomic E-state index is -0.924. The number of phenolic OH excluding ortho intramolecular Hbond substituents is 1. The molecule has 0 radical (unpaired) electrons. The molecular weight excluding hydrogens is 1610 g/mol. The van der Waals surface area contributed by atoms with Crippen LogP contribution in [0.15, 0.2) is 182 Å². The summed E-state index contributed by atoms with van der Waals surface area (Å²) < 4.78 is 50.8. The van der Waals surface area contributed by atoms with Crippen LogP contribution in [0, 0.1) is 31.6 Å². The molecule has 0 unspecified atom stereocenters. The number of carboxylic acid groups (broad SMARTS) is 4. The Hall–Kier alpha value is -12.2. The molecule has 0 amide bonds. The molecule has 5 N–H and O–H groups in total. The number of hydrogen-bond donors (Lipinski definition) is 5. The van der Waals surface area contributed by atoms with Gasteiger partial charge in [-0.1, -0.05) is 126 Å². The number of aryl methyl sites for hydroxylation is 2. The normalized spacial score (nSPS) is 11.8. The average molecular weight is 1700 g/mol. The summed E-state index contributed by atoms with van der Waals surface area (Å²) in [5.41, 5.74) is 7.64. The van der Waals surface area contributed by atoms with Gasteiger partial charge in [-0.15, -0.1) is 12.8 Å². The fourth-order valence-electron chi connectivity index (χ4n) is 10.1. The largest absolute Gasteiger partial charge is 1.00 e. The first-order valence-electron chi connectivity index (χ1n) is 35.2. The first-order valence-corrected chi connectivity index (χ1v) is 36.3. The van der Waals surface area contributed by atoms with E-state index in [1.54, 1.807) is 109 Å². The second kappa shape index (κ2) is 59.5. The van der Waals surface area contributed by atoms with Gasteiger partial charge < -0.3 is 79.8 Å². The van der Waals surface area contributed by atoms with Gasteiger partial charge in [0.25, 0.3) is 5.97 Å². The van der Waals surface area contributed by atoms with Crippen molar-refractivity contribution in [3.05, 3.63) is 256 Å². The molecule has 0 spiro atoms. The number of carbonyl (C=O) groups excluding carboxylic acids is 6.